The number of benzene rings is 2. The fraction of sp³-hybridized carbons (Fsp3) is 0.118. The Morgan fingerprint density at radius 2 is 1.83 bits per heavy atom. The number of nitrogens with zero attached hydrogens (tertiary/aromatic N) is 1. The van der Waals surface area contributed by atoms with Gasteiger partial charge in [0.1, 0.15) is 6.04 Å². The molecule has 2 rings (SSSR count). The van der Waals surface area contributed by atoms with E-state index in [1.807, 2.05) is 6.07 Å². The average molecular weight is 328 g/mol. The van der Waals surface area contributed by atoms with E-state index in [0.717, 1.165) is 5.56 Å². The van der Waals surface area contributed by atoms with Gasteiger partial charge in [-0.1, -0.05) is 29.8 Å². The Hall–Kier alpha value is -2.84. The zero-order chi connectivity index (χ0) is 16.8. The molecule has 1 atom stereocenters. The Balaban J connectivity index is 2.13. The second-order valence-corrected chi connectivity index (χ2v) is 5.32. The summed E-state index contributed by atoms with van der Waals surface area (Å²) in [4.78, 5) is 23.8. The highest BCUT2D eigenvalue weighted by atomic mass is 35.5. The maximum absolute atomic E-state index is 12.2. The normalized spacial score (nSPS) is 11.3. The predicted octanol–water partition coefficient (Wildman–Crippen LogP) is 2.04. The van der Waals surface area contributed by atoms with Crippen molar-refractivity contribution in [2.75, 3.05) is 0 Å². The number of nitrogens with two attached hydrogens (primary N) is 1. The highest BCUT2D eigenvalue weighted by Gasteiger charge is 2.20. The quantitative estimate of drug-likeness (QED) is 0.879. The summed E-state index contributed by atoms with van der Waals surface area (Å²) in [5.74, 6) is -1.09. The van der Waals surface area contributed by atoms with E-state index in [0.29, 0.717) is 16.1 Å². The van der Waals surface area contributed by atoms with Crippen molar-refractivity contribution >= 4 is 23.4 Å². The lowest BCUT2D eigenvalue weighted by molar-refractivity contribution is -0.119. The van der Waals surface area contributed by atoms with Gasteiger partial charge in [-0.2, -0.15) is 5.26 Å². The van der Waals surface area contributed by atoms with Crippen LogP contribution in [0.15, 0.2) is 48.5 Å². The maximum Gasteiger partial charge on any atom is 0.251 e. The van der Waals surface area contributed by atoms with Crippen LogP contribution >= 0.6 is 11.6 Å². The first-order valence-electron chi connectivity index (χ1n) is 6.85. The molecule has 2 aromatic rings. The van der Waals surface area contributed by atoms with E-state index in [2.05, 4.69) is 5.32 Å². The smallest absolute Gasteiger partial charge is 0.251 e. The summed E-state index contributed by atoms with van der Waals surface area (Å²) >= 11 is 6.06. The van der Waals surface area contributed by atoms with Crippen LogP contribution in [0.4, 0.5) is 0 Å². The molecule has 116 valence electrons. The van der Waals surface area contributed by atoms with Gasteiger partial charge in [-0.05, 0) is 35.9 Å². The SMILES string of the molecule is N#Cc1ccc(C(=O)N[C@H](Cc2ccccc2Cl)C(N)=O)cc1. The van der Waals surface area contributed by atoms with Gasteiger partial charge in [-0.25, -0.2) is 0 Å². The first-order valence-corrected chi connectivity index (χ1v) is 7.23. The molecular weight excluding hydrogens is 314 g/mol. The summed E-state index contributed by atoms with van der Waals surface area (Å²) in [5.41, 5.74) is 6.88. The number of amides is 2. The van der Waals surface area contributed by atoms with Gasteiger partial charge in [0.2, 0.25) is 5.91 Å². The molecule has 0 aromatic heterocycles. The van der Waals surface area contributed by atoms with Gasteiger partial charge in [0.15, 0.2) is 0 Å². The summed E-state index contributed by atoms with van der Waals surface area (Å²) in [5, 5.41) is 11.8. The Labute approximate surface area is 138 Å². The molecule has 0 bridgehead atoms. The van der Waals surface area contributed by atoms with Crippen molar-refractivity contribution in [3.63, 3.8) is 0 Å². The Morgan fingerprint density at radius 1 is 1.17 bits per heavy atom. The van der Waals surface area contributed by atoms with Crippen molar-refractivity contribution in [1.82, 2.24) is 5.32 Å². The Kier molecular flexibility index (Phi) is 5.34. The summed E-state index contributed by atoms with van der Waals surface area (Å²) in [6.45, 7) is 0. The van der Waals surface area contributed by atoms with Gasteiger partial charge >= 0.3 is 0 Å². The van der Waals surface area contributed by atoms with Crippen LogP contribution in [0.5, 0.6) is 0 Å². The van der Waals surface area contributed by atoms with Crippen LogP contribution in [0, 0.1) is 11.3 Å². The van der Waals surface area contributed by atoms with Gasteiger partial charge in [0.05, 0.1) is 11.6 Å². The zero-order valence-corrected chi connectivity index (χ0v) is 12.9. The molecule has 6 heteroatoms. The minimum Gasteiger partial charge on any atom is -0.368 e. The lowest BCUT2D eigenvalue weighted by Crippen LogP contribution is -2.45. The standard InChI is InChI=1S/C17H14ClN3O2/c18-14-4-2-1-3-13(14)9-15(16(20)22)21-17(23)12-7-5-11(10-19)6-8-12/h1-8,15H,9H2,(H2,20,22)(H,21,23)/t15-/m1/s1. The largest absolute Gasteiger partial charge is 0.368 e. The third-order valence-electron chi connectivity index (χ3n) is 3.31. The molecule has 2 aromatic carbocycles. The third-order valence-corrected chi connectivity index (χ3v) is 3.68. The van der Waals surface area contributed by atoms with Crippen LogP contribution < -0.4 is 11.1 Å². The van der Waals surface area contributed by atoms with E-state index >= 15 is 0 Å². The van der Waals surface area contributed by atoms with Crippen LogP contribution in [0.2, 0.25) is 5.02 Å². The second-order valence-electron chi connectivity index (χ2n) is 4.91. The number of nitrogens with one attached hydrogen (secondary N) is 1. The number of rotatable bonds is 5. The molecule has 0 saturated heterocycles. The van der Waals surface area contributed by atoms with E-state index in [4.69, 9.17) is 22.6 Å². The molecule has 0 fully saturated rings. The molecule has 2 amide bonds. The molecule has 0 radical (unpaired) electrons. The van der Waals surface area contributed by atoms with Gasteiger partial charge < -0.3 is 11.1 Å². The Morgan fingerprint density at radius 3 is 2.39 bits per heavy atom. The lowest BCUT2D eigenvalue weighted by Gasteiger charge is -2.16. The molecular formula is C17H14ClN3O2. The van der Waals surface area contributed by atoms with Crippen molar-refractivity contribution in [1.29, 1.82) is 5.26 Å². The van der Waals surface area contributed by atoms with E-state index in [1.165, 1.54) is 24.3 Å². The minimum atomic E-state index is -0.877. The fourth-order valence-corrected chi connectivity index (χ4v) is 2.26. The number of hydrogen-bond donors (Lipinski definition) is 2. The minimum absolute atomic E-state index is 0.205. The predicted molar refractivity (Wildman–Crippen MR) is 86.8 cm³/mol. The van der Waals surface area contributed by atoms with E-state index in [9.17, 15) is 9.59 Å². The van der Waals surface area contributed by atoms with Crippen LogP contribution in [0.3, 0.4) is 0 Å². The number of halogens is 1. The van der Waals surface area contributed by atoms with Crippen molar-refractivity contribution in [3.05, 3.63) is 70.2 Å². The summed E-state index contributed by atoms with van der Waals surface area (Å²) in [7, 11) is 0. The zero-order valence-electron chi connectivity index (χ0n) is 12.1. The number of primary amides is 1. The topological polar surface area (TPSA) is 96.0 Å². The van der Waals surface area contributed by atoms with Crippen molar-refractivity contribution in [2.24, 2.45) is 5.73 Å². The number of carbonyl (C=O) groups excluding carboxylic acids is 2. The van der Waals surface area contributed by atoms with Crippen LogP contribution in [-0.2, 0) is 11.2 Å². The second kappa shape index (κ2) is 7.43. The molecule has 0 aliphatic carbocycles. The first kappa shape index (κ1) is 16.5. The van der Waals surface area contributed by atoms with Gasteiger partial charge in [-0.3, -0.25) is 9.59 Å². The van der Waals surface area contributed by atoms with Gasteiger partial charge in [-0.15, -0.1) is 0 Å². The molecule has 0 unspecified atom stereocenters. The van der Waals surface area contributed by atoms with Crippen molar-refractivity contribution in [3.8, 4) is 6.07 Å². The molecule has 0 aliphatic heterocycles. The summed E-state index contributed by atoms with van der Waals surface area (Å²) in [6, 6.07) is 14.2. The van der Waals surface area contributed by atoms with Crippen LogP contribution in [-0.4, -0.2) is 17.9 Å². The number of nitriles is 1. The summed E-state index contributed by atoms with van der Waals surface area (Å²) in [6.07, 6.45) is 0.205. The lowest BCUT2D eigenvalue weighted by atomic mass is 10.0. The Bertz CT molecular complexity index is 766. The molecule has 0 heterocycles. The third kappa shape index (κ3) is 4.31. The molecule has 0 aliphatic rings. The van der Waals surface area contributed by atoms with E-state index in [-0.39, 0.29) is 6.42 Å². The fourth-order valence-electron chi connectivity index (χ4n) is 2.04. The van der Waals surface area contributed by atoms with E-state index in [1.54, 1.807) is 24.3 Å². The first-order chi connectivity index (χ1) is 11.0. The van der Waals surface area contributed by atoms with Crippen LogP contribution in [0.1, 0.15) is 21.5 Å². The van der Waals surface area contributed by atoms with Crippen LogP contribution in [0.25, 0.3) is 0 Å². The number of carbonyl (C=O) groups is 2. The van der Waals surface area contributed by atoms with Gasteiger partial charge in [0, 0.05) is 17.0 Å². The van der Waals surface area contributed by atoms with Gasteiger partial charge in [0.25, 0.3) is 5.91 Å². The van der Waals surface area contributed by atoms with Crippen molar-refractivity contribution < 1.29 is 9.59 Å². The highest BCUT2D eigenvalue weighted by Crippen LogP contribution is 2.17. The molecule has 3 N–H and O–H groups in total. The van der Waals surface area contributed by atoms with Crippen molar-refractivity contribution in [2.45, 2.75) is 12.5 Å². The maximum atomic E-state index is 12.2. The highest BCUT2D eigenvalue weighted by molar-refractivity contribution is 6.31. The molecule has 5 nitrogen and oxygen atoms in total. The monoisotopic (exact) mass is 327 g/mol. The average Bonchev–Trinajstić information content (AvgIpc) is 2.56. The number of hydrogen-bond acceptors (Lipinski definition) is 3. The van der Waals surface area contributed by atoms with E-state index < -0.39 is 17.9 Å². The molecule has 0 saturated carbocycles. The summed E-state index contributed by atoms with van der Waals surface area (Å²) < 4.78 is 0. The molecule has 0 spiro atoms. The molecule has 23 heavy (non-hydrogen) atoms.